The van der Waals surface area contributed by atoms with Crippen LogP contribution in [0.15, 0.2) is 0 Å². The first-order valence-corrected chi connectivity index (χ1v) is 7.26. The molecule has 0 aliphatic rings. The summed E-state index contributed by atoms with van der Waals surface area (Å²) in [7, 11) is 0. The molecular weight excluding hydrogens is 210 g/mol. The third-order valence-corrected chi connectivity index (χ3v) is 2.87. The van der Waals surface area contributed by atoms with Crippen LogP contribution in [0.4, 0.5) is 0 Å². The number of nitrogens with one attached hydrogen (secondary N) is 1. The highest BCUT2D eigenvalue weighted by Gasteiger charge is 2.17. The third kappa shape index (κ3) is 10.8. The molecular formula is C15H33NO. The topological polar surface area (TPSA) is 21.3 Å². The van der Waals surface area contributed by atoms with Gasteiger partial charge in [0, 0.05) is 6.04 Å². The van der Waals surface area contributed by atoms with Crippen LogP contribution in [-0.2, 0) is 4.74 Å². The van der Waals surface area contributed by atoms with Gasteiger partial charge in [0.15, 0.2) is 0 Å². The van der Waals surface area contributed by atoms with Crippen molar-refractivity contribution in [3.05, 3.63) is 0 Å². The summed E-state index contributed by atoms with van der Waals surface area (Å²) in [5.74, 6) is 0.790. The van der Waals surface area contributed by atoms with Gasteiger partial charge in [-0.15, -0.1) is 0 Å². The van der Waals surface area contributed by atoms with Gasteiger partial charge in [-0.2, -0.15) is 0 Å². The zero-order valence-electron chi connectivity index (χ0n) is 12.8. The summed E-state index contributed by atoms with van der Waals surface area (Å²) in [5, 5.41) is 3.61. The van der Waals surface area contributed by atoms with E-state index in [9.17, 15) is 0 Å². The van der Waals surface area contributed by atoms with E-state index >= 15 is 0 Å². The number of ether oxygens (including phenoxy) is 1. The van der Waals surface area contributed by atoms with Gasteiger partial charge < -0.3 is 10.1 Å². The van der Waals surface area contributed by atoms with Crippen LogP contribution in [0.3, 0.4) is 0 Å². The lowest BCUT2D eigenvalue weighted by Crippen LogP contribution is -2.38. The highest BCUT2D eigenvalue weighted by atomic mass is 16.5. The maximum atomic E-state index is 5.91. The van der Waals surface area contributed by atoms with Gasteiger partial charge in [-0.1, -0.05) is 33.6 Å². The molecule has 0 saturated carbocycles. The van der Waals surface area contributed by atoms with Crippen LogP contribution >= 0.6 is 0 Å². The van der Waals surface area contributed by atoms with Crippen LogP contribution in [-0.4, -0.2) is 24.8 Å². The van der Waals surface area contributed by atoms with Crippen molar-refractivity contribution in [3.8, 4) is 0 Å². The monoisotopic (exact) mass is 243 g/mol. The Balaban J connectivity index is 4.04. The average Bonchev–Trinajstić information content (AvgIpc) is 2.21. The summed E-state index contributed by atoms with van der Waals surface area (Å²) < 4.78 is 5.91. The first-order valence-electron chi connectivity index (χ1n) is 7.26. The molecule has 0 saturated heterocycles. The predicted molar refractivity (Wildman–Crippen MR) is 76.5 cm³/mol. The van der Waals surface area contributed by atoms with E-state index in [1.54, 1.807) is 0 Å². The maximum Gasteiger partial charge on any atom is 0.0626 e. The summed E-state index contributed by atoms with van der Waals surface area (Å²) in [5.41, 5.74) is -0.0276. The maximum absolute atomic E-state index is 5.91. The normalized spacial score (nSPS) is 15.9. The summed E-state index contributed by atoms with van der Waals surface area (Å²) in [4.78, 5) is 0. The van der Waals surface area contributed by atoms with E-state index in [0.717, 1.165) is 19.1 Å². The van der Waals surface area contributed by atoms with E-state index in [1.165, 1.54) is 25.7 Å². The van der Waals surface area contributed by atoms with E-state index in [1.807, 2.05) is 0 Å². The molecule has 0 heterocycles. The highest BCUT2D eigenvalue weighted by molar-refractivity contribution is 4.71. The van der Waals surface area contributed by atoms with Gasteiger partial charge in [-0.25, -0.2) is 0 Å². The molecule has 17 heavy (non-hydrogen) atoms. The van der Waals surface area contributed by atoms with Crippen LogP contribution in [0.2, 0.25) is 0 Å². The largest absolute Gasteiger partial charge is 0.374 e. The van der Waals surface area contributed by atoms with Crippen molar-refractivity contribution in [1.29, 1.82) is 0 Å². The second kappa shape index (κ2) is 8.93. The molecule has 0 aliphatic carbocycles. The fourth-order valence-electron chi connectivity index (χ4n) is 2.01. The Bertz CT molecular complexity index is 174. The minimum atomic E-state index is -0.0276. The Kier molecular flexibility index (Phi) is 8.89. The van der Waals surface area contributed by atoms with Crippen LogP contribution in [0.5, 0.6) is 0 Å². The van der Waals surface area contributed by atoms with E-state index in [-0.39, 0.29) is 5.60 Å². The van der Waals surface area contributed by atoms with E-state index in [0.29, 0.717) is 6.04 Å². The first kappa shape index (κ1) is 16.9. The van der Waals surface area contributed by atoms with E-state index in [2.05, 4.69) is 46.9 Å². The van der Waals surface area contributed by atoms with Crippen LogP contribution in [0.25, 0.3) is 0 Å². The zero-order chi connectivity index (χ0) is 13.3. The number of hydrogen-bond donors (Lipinski definition) is 1. The standard InChI is InChI=1S/C15H33NO/c1-7-9-13(3)11-14(16-10-8-2)12-17-15(4,5)6/h13-14,16H,7-12H2,1-6H3. The summed E-state index contributed by atoms with van der Waals surface area (Å²) in [6.45, 7) is 15.1. The first-order chi connectivity index (χ1) is 7.89. The highest BCUT2D eigenvalue weighted by Crippen LogP contribution is 2.15. The zero-order valence-corrected chi connectivity index (χ0v) is 12.8. The Labute approximate surface area is 109 Å². The molecule has 0 aromatic heterocycles. The van der Waals surface area contributed by atoms with Gasteiger partial charge in [0.1, 0.15) is 0 Å². The number of rotatable bonds is 9. The molecule has 0 bridgehead atoms. The van der Waals surface area contributed by atoms with Crippen molar-refractivity contribution in [3.63, 3.8) is 0 Å². The lowest BCUT2D eigenvalue weighted by atomic mass is 9.97. The van der Waals surface area contributed by atoms with Crippen molar-refractivity contribution in [2.45, 2.75) is 78.9 Å². The van der Waals surface area contributed by atoms with E-state index in [4.69, 9.17) is 4.74 Å². The second-order valence-corrected chi connectivity index (χ2v) is 6.20. The summed E-state index contributed by atoms with van der Waals surface area (Å²) >= 11 is 0. The fraction of sp³-hybridized carbons (Fsp3) is 1.00. The second-order valence-electron chi connectivity index (χ2n) is 6.20. The molecule has 0 aromatic rings. The predicted octanol–water partition coefficient (Wildman–Crippen LogP) is 4.00. The van der Waals surface area contributed by atoms with Crippen LogP contribution < -0.4 is 5.32 Å². The van der Waals surface area contributed by atoms with Gasteiger partial charge >= 0.3 is 0 Å². The SMILES string of the molecule is CCCNC(COC(C)(C)C)CC(C)CCC. The van der Waals surface area contributed by atoms with Crippen molar-refractivity contribution < 1.29 is 4.74 Å². The molecule has 0 rings (SSSR count). The molecule has 2 atom stereocenters. The Hall–Kier alpha value is -0.0800. The molecule has 2 heteroatoms. The van der Waals surface area contributed by atoms with Crippen molar-refractivity contribution in [2.75, 3.05) is 13.2 Å². The smallest absolute Gasteiger partial charge is 0.0626 e. The lowest BCUT2D eigenvalue weighted by Gasteiger charge is -2.27. The van der Waals surface area contributed by atoms with Gasteiger partial charge in [-0.05, 0) is 46.1 Å². The molecule has 104 valence electrons. The Morgan fingerprint density at radius 1 is 1.12 bits per heavy atom. The average molecular weight is 243 g/mol. The minimum absolute atomic E-state index is 0.0276. The molecule has 0 aromatic carbocycles. The molecule has 0 spiro atoms. The third-order valence-electron chi connectivity index (χ3n) is 2.87. The van der Waals surface area contributed by atoms with Gasteiger partial charge in [0.25, 0.3) is 0 Å². The van der Waals surface area contributed by atoms with Crippen molar-refractivity contribution >= 4 is 0 Å². The van der Waals surface area contributed by atoms with Crippen LogP contribution in [0, 0.1) is 5.92 Å². The quantitative estimate of drug-likeness (QED) is 0.661. The Morgan fingerprint density at radius 2 is 1.76 bits per heavy atom. The molecule has 0 aliphatic heterocycles. The van der Waals surface area contributed by atoms with Gasteiger partial charge in [-0.3, -0.25) is 0 Å². The number of hydrogen-bond acceptors (Lipinski definition) is 2. The van der Waals surface area contributed by atoms with Crippen molar-refractivity contribution in [1.82, 2.24) is 5.32 Å². The Morgan fingerprint density at radius 3 is 2.24 bits per heavy atom. The fourth-order valence-corrected chi connectivity index (χ4v) is 2.01. The molecule has 0 amide bonds. The molecule has 0 fully saturated rings. The van der Waals surface area contributed by atoms with Gasteiger partial charge in [0.05, 0.1) is 12.2 Å². The molecule has 2 unspecified atom stereocenters. The van der Waals surface area contributed by atoms with E-state index < -0.39 is 0 Å². The minimum Gasteiger partial charge on any atom is -0.374 e. The molecule has 0 radical (unpaired) electrons. The van der Waals surface area contributed by atoms with Gasteiger partial charge in [0.2, 0.25) is 0 Å². The van der Waals surface area contributed by atoms with Crippen molar-refractivity contribution in [2.24, 2.45) is 5.92 Å². The van der Waals surface area contributed by atoms with Crippen LogP contribution in [0.1, 0.15) is 67.2 Å². The molecule has 1 N–H and O–H groups in total. The summed E-state index contributed by atoms with van der Waals surface area (Å²) in [6.07, 6.45) is 5.01. The molecule has 2 nitrogen and oxygen atoms in total. The summed E-state index contributed by atoms with van der Waals surface area (Å²) in [6, 6.07) is 0.510. The lowest BCUT2D eigenvalue weighted by molar-refractivity contribution is -0.0171.